The van der Waals surface area contributed by atoms with E-state index in [9.17, 15) is 38.4 Å². The third kappa shape index (κ3) is 6.06. The van der Waals surface area contributed by atoms with Crippen molar-refractivity contribution in [2.24, 2.45) is 0 Å². The van der Waals surface area contributed by atoms with Gasteiger partial charge in [-0.15, -0.1) is 0 Å². The maximum absolute atomic E-state index is 11.4. The first-order chi connectivity index (χ1) is 13.8. The summed E-state index contributed by atoms with van der Waals surface area (Å²) in [6.07, 6.45) is -11.8. The molecule has 1 amide bonds. The predicted octanol–water partition coefficient (Wildman–Crippen LogP) is -4.18. The number of amides is 1. The first kappa shape index (κ1) is 24.4. The minimum Gasteiger partial charge on any atom is -0.475 e. The van der Waals surface area contributed by atoms with E-state index < -0.39 is 83.8 Å². The fourth-order valence-electron chi connectivity index (χ4n) is 2.81. The lowest BCUT2D eigenvalue weighted by molar-refractivity contribution is -0.301. The predicted molar refractivity (Wildman–Crippen MR) is 89.5 cm³/mol. The summed E-state index contributed by atoms with van der Waals surface area (Å²) >= 11 is 0. The van der Waals surface area contributed by atoms with Crippen LogP contribution in [0.4, 0.5) is 0 Å². The summed E-state index contributed by atoms with van der Waals surface area (Å²) in [6, 6.07) is -1.49. The van der Waals surface area contributed by atoms with Gasteiger partial charge < -0.3 is 45.1 Å². The SMILES string of the molecule is CC(=O)N[C@H]1C(O)O[C@H](COS(=O)(=O)O)[C@H](O)[C@@H]1O[C@@H]1OC(C(=O)O)=C[C@H](O)[C@H]1O. The van der Waals surface area contributed by atoms with Gasteiger partial charge in [-0.05, 0) is 6.08 Å². The molecular weight excluding hydrogens is 438 g/mol. The molecule has 0 spiro atoms. The Balaban J connectivity index is 2.26. The number of aliphatic carboxylic acids is 1. The van der Waals surface area contributed by atoms with E-state index in [1.54, 1.807) is 0 Å². The number of carboxylic acids is 1. The Morgan fingerprint density at radius 2 is 1.83 bits per heavy atom. The fraction of sp³-hybridized carbons (Fsp3) is 0.714. The first-order valence-electron chi connectivity index (χ1n) is 8.34. The van der Waals surface area contributed by atoms with Crippen molar-refractivity contribution in [3.63, 3.8) is 0 Å². The summed E-state index contributed by atoms with van der Waals surface area (Å²) < 4.78 is 49.5. The van der Waals surface area contributed by atoms with Crippen LogP contribution in [0.25, 0.3) is 0 Å². The Morgan fingerprint density at radius 1 is 1.20 bits per heavy atom. The summed E-state index contributed by atoms with van der Waals surface area (Å²) in [4.78, 5) is 22.5. The molecule has 0 radical (unpaired) electrons. The number of aliphatic hydroxyl groups is 4. The average Bonchev–Trinajstić information content (AvgIpc) is 2.61. The Hall–Kier alpha value is -1.89. The third-order valence-corrected chi connectivity index (χ3v) is 4.57. The molecule has 2 rings (SSSR count). The minimum atomic E-state index is -4.93. The van der Waals surface area contributed by atoms with E-state index in [0.717, 1.165) is 6.92 Å². The van der Waals surface area contributed by atoms with E-state index in [1.165, 1.54) is 0 Å². The van der Waals surface area contributed by atoms with Crippen molar-refractivity contribution >= 4 is 22.3 Å². The molecule has 2 aliphatic rings. The van der Waals surface area contributed by atoms with Crippen LogP contribution in [0.3, 0.4) is 0 Å². The lowest BCUT2D eigenvalue weighted by Gasteiger charge is -2.44. The van der Waals surface area contributed by atoms with Gasteiger partial charge in [-0.1, -0.05) is 0 Å². The summed E-state index contributed by atoms with van der Waals surface area (Å²) in [5.41, 5.74) is 0. The molecular formula is C14H21NO14S. The number of carbonyl (C=O) groups is 2. The zero-order valence-electron chi connectivity index (χ0n) is 15.3. The van der Waals surface area contributed by atoms with Gasteiger partial charge in [0.25, 0.3) is 0 Å². The Labute approximate surface area is 169 Å². The van der Waals surface area contributed by atoms with Crippen molar-refractivity contribution in [1.29, 1.82) is 0 Å². The highest BCUT2D eigenvalue weighted by Crippen LogP contribution is 2.28. The Morgan fingerprint density at radius 3 is 2.37 bits per heavy atom. The first-order valence-corrected chi connectivity index (χ1v) is 9.70. The topological polar surface area (TPSA) is 239 Å². The van der Waals surface area contributed by atoms with Crippen LogP contribution in [-0.2, 0) is 38.4 Å². The van der Waals surface area contributed by atoms with Crippen LogP contribution in [0, 0.1) is 0 Å². The lowest BCUT2D eigenvalue weighted by Crippen LogP contribution is -2.66. The number of ether oxygens (including phenoxy) is 3. The van der Waals surface area contributed by atoms with E-state index in [4.69, 9.17) is 23.9 Å². The number of carbonyl (C=O) groups excluding carboxylic acids is 1. The number of hydrogen-bond acceptors (Lipinski definition) is 12. The molecule has 0 saturated carbocycles. The molecule has 1 fully saturated rings. The van der Waals surface area contributed by atoms with Crippen molar-refractivity contribution < 1.29 is 66.5 Å². The van der Waals surface area contributed by atoms with Crippen LogP contribution in [0.2, 0.25) is 0 Å². The zero-order chi connectivity index (χ0) is 22.8. The molecule has 1 saturated heterocycles. The highest BCUT2D eigenvalue weighted by atomic mass is 32.3. The normalized spacial score (nSPS) is 37.1. The van der Waals surface area contributed by atoms with Gasteiger partial charge in [-0.25, -0.2) is 8.98 Å². The van der Waals surface area contributed by atoms with E-state index in [0.29, 0.717) is 6.08 Å². The standard InChI is InChI=1S/C14H21NO14S/c1-4(16)15-8-11(10(19)7(27-13(8)22)3-26-30(23,24)25)29-14-9(18)5(17)2-6(28-14)12(20)21/h2,5,7-11,13-14,17-19,22H,3H2,1H3,(H,15,16)(H,20,21)(H,23,24,25)/t5-,7+,8+,9+,10-,11+,13?,14-/m0/s1. The molecule has 0 bridgehead atoms. The molecule has 0 aromatic carbocycles. The third-order valence-electron chi connectivity index (χ3n) is 4.14. The van der Waals surface area contributed by atoms with Gasteiger partial charge in [0, 0.05) is 6.92 Å². The molecule has 30 heavy (non-hydrogen) atoms. The fourth-order valence-corrected chi connectivity index (χ4v) is 3.11. The van der Waals surface area contributed by atoms with Crippen LogP contribution >= 0.6 is 0 Å². The summed E-state index contributed by atoms with van der Waals surface area (Å²) in [7, 11) is -4.93. The van der Waals surface area contributed by atoms with E-state index >= 15 is 0 Å². The molecule has 1 unspecified atom stereocenters. The van der Waals surface area contributed by atoms with E-state index in [-0.39, 0.29) is 0 Å². The number of carboxylic acid groups (broad SMARTS) is 1. The van der Waals surface area contributed by atoms with Crippen LogP contribution in [0.1, 0.15) is 6.92 Å². The van der Waals surface area contributed by atoms with Gasteiger partial charge in [0.15, 0.2) is 6.29 Å². The van der Waals surface area contributed by atoms with E-state index in [1.807, 2.05) is 0 Å². The van der Waals surface area contributed by atoms with Gasteiger partial charge in [-0.3, -0.25) is 9.35 Å². The molecule has 2 heterocycles. The lowest BCUT2D eigenvalue weighted by atomic mass is 9.96. The molecule has 172 valence electrons. The van der Waals surface area contributed by atoms with Gasteiger partial charge >= 0.3 is 16.4 Å². The van der Waals surface area contributed by atoms with Gasteiger partial charge in [-0.2, -0.15) is 8.42 Å². The molecule has 0 aromatic heterocycles. The molecule has 15 nitrogen and oxygen atoms in total. The van der Waals surface area contributed by atoms with Crippen molar-refractivity contribution in [1.82, 2.24) is 5.32 Å². The monoisotopic (exact) mass is 459 g/mol. The van der Waals surface area contributed by atoms with Crippen molar-refractivity contribution in [2.75, 3.05) is 6.61 Å². The smallest absolute Gasteiger partial charge is 0.397 e. The molecule has 2 aliphatic heterocycles. The van der Waals surface area contributed by atoms with Gasteiger partial charge in [0.2, 0.25) is 18.0 Å². The number of nitrogens with one attached hydrogen (secondary N) is 1. The summed E-state index contributed by atoms with van der Waals surface area (Å²) in [6.45, 7) is 0.0887. The largest absolute Gasteiger partial charge is 0.475 e. The van der Waals surface area contributed by atoms with Crippen molar-refractivity contribution in [3.05, 3.63) is 11.8 Å². The maximum atomic E-state index is 11.4. The quantitative estimate of drug-likeness (QED) is 0.179. The molecule has 0 aromatic rings. The average molecular weight is 459 g/mol. The number of aliphatic hydroxyl groups excluding tert-OH is 4. The second-order valence-electron chi connectivity index (χ2n) is 6.40. The Bertz CT molecular complexity index is 784. The summed E-state index contributed by atoms with van der Waals surface area (Å²) in [5, 5.41) is 51.7. The number of rotatable bonds is 7. The number of hydrogen-bond donors (Lipinski definition) is 7. The summed E-state index contributed by atoms with van der Waals surface area (Å²) in [5.74, 6) is -3.07. The van der Waals surface area contributed by atoms with Crippen LogP contribution in [-0.4, -0.2) is 106 Å². The van der Waals surface area contributed by atoms with Crippen LogP contribution in [0.15, 0.2) is 11.8 Å². The minimum absolute atomic E-state index is 0.702. The molecule has 16 heteroatoms. The second kappa shape index (κ2) is 9.50. The zero-order valence-corrected chi connectivity index (χ0v) is 16.1. The molecule has 8 atom stereocenters. The highest BCUT2D eigenvalue weighted by molar-refractivity contribution is 7.80. The maximum Gasteiger partial charge on any atom is 0.397 e. The Kier molecular flexibility index (Phi) is 7.72. The second-order valence-corrected chi connectivity index (χ2v) is 7.49. The van der Waals surface area contributed by atoms with Crippen molar-refractivity contribution in [2.45, 2.75) is 56.1 Å². The van der Waals surface area contributed by atoms with E-state index in [2.05, 4.69) is 9.50 Å². The van der Waals surface area contributed by atoms with Crippen LogP contribution in [0.5, 0.6) is 0 Å². The van der Waals surface area contributed by atoms with Crippen molar-refractivity contribution in [3.8, 4) is 0 Å². The van der Waals surface area contributed by atoms with Gasteiger partial charge in [0.05, 0.1) is 6.61 Å². The van der Waals surface area contributed by atoms with Gasteiger partial charge in [0.1, 0.15) is 36.6 Å². The van der Waals surface area contributed by atoms with Crippen LogP contribution < -0.4 is 5.32 Å². The molecule has 0 aliphatic carbocycles. The highest BCUT2D eigenvalue weighted by Gasteiger charge is 2.49. The molecule has 7 N–H and O–H groups in total.